The molecule has 0 aliphatic carbocycles. The van der Waals surface area contributed by atoms with E-state index in [9.17, 15) is 4.79 Å². The van der Waals surface area contributed by atoms with Crippen LogP contribution in [0.3, 0.4) is 0 Å². The molecule has 0 unspecified atom stereocenters. The maximum atomic E-state index is 10.2. The summed E-state index contributed by atoms with van der Waals surface area (Å²) in [4.78, 5) is 10.2. The molecule has 3 nitrogen and oxygen atoms in total. The summed E-state index contributed by atoms with van der Waals surface area (Å²) in [6.07, 6.45) is 0.813. The molecule has 54 valence electrons. The van der Waals surface area contributed by atoms with Crippen LogP contribution in [0, 0.1) is 5.92 Å². The third-order valence-electron chi connectivity index (χ3n) is 1.54. The van der Waals surface area contributed by atoms with Gasteiger partial charge in [-0.1, -0.05) is 20.3 Å². The minimum absolute atomic E-state index is 0.0718. The highest BCUT2D eigenvalue weighted by atomic mass is 16.4. The number of carboxylic acids is 1. The monoisotopic (exact) mass is 132 g/mol. The molecule has 0 saturated carbocycles. The van der Waals surface area contributed by atoms with Gasteiger partial charge >= 0.3 is 5.97 Å². The molecule has 0 aliphatic rings. The fourth-order valence-corrected chi connectivity index (χ4v) is 0.497. The summed E-state index contributed by atoms with van der Waals surface area (Å²) in [5, 5.41) is 8.36. The van der Waals surface area contributed by atoms with Crippen LogP contribution in [0.1, 0.15) is 20.3 Å². The lowest BCUT2D eigenvalue weighted by atomic mass is 10.0. The summed E-state index contributed by atoms with van der Waals surface area (Å²) in [6, 6.07) is -0.699. The van der Waals surface area contributed by atoms with Crippen molar-refractivity contribution in [1.82, 2.24) is 0 Å². The highest BCUT2D eigenvalue weighted by Crippen LogP contribution is 2.04. The highest BCUT2D eigenvalue weighted by Gasteiger charge is 2.17. The largest absolute Gasteiger partial charge is 0.480 e. The van der Waals surface area contributed by atoms with E-state index < -0.39 is 12.0 Å². The quantitative estimate of drug-likeness (QED) is 0.548. The molecule has 0 fully saturated rings. The molecule has 0 aromatic carbocycles. The van der Waals surface area contributed by atoms with Gasteiger partial charge in [0.25, 0.3) is 0 Å². The standard InChI is InChI=1S/C6H13NO2/c1-3-4(2)5(7)6(8)9/h4-5H,3,7H2,1-2H3,(H,8,9)/t4-,5-/m0/s1/i1+1. The van der Waals surface area contributed by atoms with Crippen LogP contribution in [0.4, 0.5) is 0 Å². The van der Waals surface area contributed by atoms with Crippen molar-refractivity contribution in [1.29, 1.82) is 0 Å². The average molecular weight is 132 g/mol. The predicted octanol–water partition coefficient (Wildman–Crippen LogP) is 0.444. The molecular formula is C6H13NO2. The Kier molecular flexibility index (Phi) is 3.24. The number of rotatable bonds is 3. The topological polar surface area (TPSA) is 63.3 Å². The zero-order chi connectivity index (χ0) is 7.44. The van der Waals surface area contributed by atoms with Crippen molar-refractivity contribution in [3.05, 3.63) is 0 Å². The number of aliphatic carboxylic acids is 1. The Labute approximate surface area is 54.9 Å². The minimum Gasteiger partial charge on any atom is -0.480 e. The molecule has 0 amide bonds. The number of carbonyl (C=O) groups is 1. The molecule has 3 N–H and O–H groups in total. The molecule has 0 aromatic heterocycles. The van der Waals surface area contributed by atoms with Crippen LogP contribution in [0.5, 0.6) is 0 Å². The first-order valence-corrected chi connectivity index (χ1v) is 3.08. The van der Waals surface area contributed by atoms with Crippen LogP contribution in [0.2, 0.25) is 0 Å². The Bertz CT molecular complexity index is 103. The van der Waals surface area contributed by atoms with E-state index in [-0.39, 0.29) is 5.92 Å². The lowest BCUT2D eigenvalue weighted by Gasteiger charge is -2.11. The van der Waals surface area contributed by atoms with E-state index in [0.717, 1.165) is 6.42 Å². The Morgan fingerprint density at radius 1 is 1.78 bits per heavy atom. The van der Waals surface area contributed by atoms with Gasteiger partial charge in [-0.05, 0) is 5.92 Å². The molecular weight excluding hydrogens is 119 g/mol. The summed E-state index contributed by atoms with van der Waals surface area (Å²) in [5.74, 6) is -0.841. The Hall–Kier alpha value is -0.570. The summed E-state index contributed by atoms with van der Waals surface area (Å²) >= 11 is 0. The number of hydrogen-bond donors (Lipinski definition) is 2. The Morgan fingerprint density at radius 2 is 2.22 bits per heavy atom. The van der Waals surface area contributed by atoms with E-state index in [4.69, 9.17) is 10.8 Å². The van der Waals surface area contributed by atoms with Crippen LogP contribution in [-0.4, -0.2) is 17.1 Å². The molecule has 0 aliphatic heterocycles. The summed E-state index contributed by atoms with van der Waals surface area (Å²) in [6.45, 7) is 3.76. The van der Waals surface area contributed by atoms with E-state index in [1.54, 1.807) is 0 Å². The van der Waals surface area contributed by atoms with Gasteiger partial charge < -0.3 is 10.8 Å². The first-order valence-electron chi connectivity index (χ1n) is 3.08. The van der Waals surface area contributed by atoms with Crippen molar-refractivity contribution in [3.63, 3.8) is 0 Å². The van der Waals surface area contributed by atoms with Gasteiger partial charge in [0.2, 0.25) is 0 Å². The van der Waals surface area contributed by atoms with Crippen LogP contribution < -0.4 is 5.73 Å². The maximum Gasteiger partial charge on any atom is 0.320 e. The third-order valence-corrected chi connectivity index (χ3v) is 1.54. The molecule has 0 heterocycles. The first-order chi connectivity index (χ1) is 4.09. The number of nitrogens with two attached hydrogens (primary N) is 1. The van der Waals surface area contributed by atoms with Gasteiger partial charge in [0.1, 0.15) is 6.04 Å². The lowest BCUT2D eigenvalue weighted by Crippen LogP contribution is -2.36. The maximum absolute atomic E-state index is 10.2. The van der Waals surface area contributed by atoms with E-state index >= 15 is 0 Å². The number of carboxylic acid groups (broad SMARTS) is 1. The van der Waals surface area contributed by atoms with Crippen molar-refractivity contribution >= 4 is 5.97 Å². The molecule has 0 aromatic rings. The second-order valence-electron chi connectivity index (χ2n) is 2.25. The van der Waals surface area contributed by atoms with Crippen LogP contribution >= 0.6 is 0 Å². The van der Waals surface area contributed by atoms with Crippen LogP contribution in [-0.2, 0) is 4.79 Å². The second-order valence-corrected chi connectivity index (χ2v) is 2.25. The van der Waals surface area contributed by atoms with Gasteiger partial charge in [-0.15, -0.1) is 0 Å². The summed E-state index contributed by atoms with van der Waals surface area (Å²) in [7, 11) is 0. The Morgan fingerprint density at radius 3 is 2.33 bits per heavy atom. The van der Waals surface area contributed by atoms with Crippen molar-refractivity contribution in [3.8, 4) is 0 Å². The fraction of sp³-hybridized carbons (Fsp3) is 0.833. The average Bonchev–Trinajstić information content (AvgIpc) is 1.84. The van der Waals surface area contributed by atoms with E-state index in [1.807, 2.05) is 13.8 Å². The molecule has 2 atom stereocenters. The van der Waals surface area contributed by atoms with E-state index in [2.05, 4.69) is 0 Å². The lowest BCUT2D eigenvalue weighted by molar-refractivity contribution is -0.139. The summed E-state index contributed by atoms with van der Waals surface area (Å²) in [5.41, 5.74) is 5.27. The first kappa shape index (κ1) is 8.43. The van der Waals surface area contributed by atoms with Crippen molar-refractivity contribution in [2.24, 2.45) is 11.7 Å². The Balaban J connectivity index is 3.72. The molecule has 0 bridgehead atoms. The van der Waals surface area contributed by atoms with E-state index in [1.165, 1.54) is 0 Å². The van der Waals surface area contributed by atoms with E-state index in [0.29, 0.717) is 0 Å². The highest BCUT2D eigenvalue weighted by molar-refractivity contribution is 5.73. The smallest absolute Gasteiger partial charge is 0.320 e. The third kappa shape index (κ3) is 2.46. The van der Waals surface area contributed by atoms with Crippen LogP contribution in [0.15, 0.2) is 0 Å². The van der Waals surface area contributed by atoms with Crippen molar-refractivity contribution in [2.45, 2.75) is 26.3 Å². The normalized spacial score (nSPS) is 16.8. The molecule has 0 rings (SSSR count). The predicted molar refractivity (Wildman–Crippen MR) is 35.1 cm³/mol. The van der Waals surface area contributed by atoms with Crippen molar-refractivity contribution in [2.75, 3.05) is 0 Å². The summed E-state index contributed by atoms with van der Waals surface area (Å²) < 4.78 is 0. The van der Waals surface area contributed by atoms with Gasteiger partial charge in [0.15, 0.2) is 0 Å². The molecule has 3 heteroatoms. The second kappa shape index (κ2) is 3.45. The van der Waals surface area contributed by atoms with Gasteiger partial charge in [0, 0.05) is 0 Å². The van der Waals surface area contributed by atoms with Crippen LogP contribution in [0.25, 0.3) is 0 Å². The molecule has 0 saturated heterocycles. The van der Waals surface area contributed by atoms with Gasteiger partial charge in [-0.3, -0.25) is 4.79 Å². The van der Waals surface area contributed by atoms with Gasteiger partial charge in [-0.25, -0.2) is 0 Å². The molecule has 0 spiro atoms. The van der Waals surface area contributed by atoms with Gasteiger partial charge in [0.05, 0.1) is 0 Å². The molecule has 9 heavy (non-hydrogen) atoms. The zero-order valence-corrected chi connectivity index (χ0v) is 5.79. The zero-order valence-electron chi connectivity index (χ0n) is 5.79. The van der Waals surface area contributed by atoms with Crippen molar-refractivity contribution < 1.29 is 9.90 Å². The van der Waals surface area contributed by atoms with Gasteiger partial charge in [-0.2, -0.15) is 0 Å². The SMILES string of the molecule is C[C@@H](C[13CH3])[C@H](N)C(=O)O. The number of hydrogen-bond acceptors (Lipinski definition) is 2. The molecule has 0 radical (unpaired) electrons. The minimum atomic E-state index is -0.913. The fourth-order valence-electron chi connectivity index (χ4n) is 0.497.